The number of para-hydroxylation sites is 1. The molecule has 0 spiro atoms. The van der Waals surface area contributed by atoms with Gasteiger partial charge in [0.1, 0.15) is 0 Å². The van der Waals surface area contributed by atoms with Crippen LogP contribution in [0.2, 0.25) is 10.0 Å². The highest BCUT2D eigenvalue weighted by atomic mass is 35.5. The fourth-order valence-electron chi connectivity index (χ4n) is 3.27. The lowest BCUT2D eigenvalue weighted by Crippen LogP contribution is -2.26. The first-order valence-electron chi connectivity index (χ1n) is 8.35. The molecule has 0 aliphatic carbocycles. The molecule has 4 rings (SSSR count). The first kappa shape index (κ1) is 17.2. The molecule has 0 bridgehead atoms. The third kappa shape index (κ3) is 2.92. The number of halogens is 2. The van der Waals surface area contributed by atoms with Crippen molar-refractivity contribution in [2.45, 2.75) is 12.8 Å². The highest BCUT2D eigenvalue weighted by Crippen LogP contribution is 2.38. The number of nitrogens with one attached hydrogen (secondary N) is 1. The van der Waals surface area contributed by atoms with Crippen molar-refractivity contribution in [1.29, 1.82) is 5.41 Å². The Morgan fingerprint density at radius 3 is 2.58 bits per heavy atom. The van der Waals surface area contributed by atoms with Crippen molar-refractivity contribution >= 4 is 51.4 Å². The van der Waals surface area contributed by atoms with Crippen molar-refractivity contribution in [3.8, 4) is 0 Å². The van der Waals surface area contributed by atoms with E-state index in [4.69, 9.17) is 33.0 Å². The summed E-state index contributed by atoms with van der Waals surface area (Å²) in [7, 11) is 0. The Labute approximate surface area is 160 Å². The van der Waals surface area contributed by atoms with Crippen LogP contribution in [0.15, 0.2) is 46.9 Å². The van der Waals surface area contributed by atoms with Crippen LogP contribution in [0, 0.1) is 5.41 Å². The maximum absolute atomic E-state index is 10.4. The number of hydroxylamine groups is 1. The number of rotatable bonds is 3. The van der Waals surface area contributed by atoms with Crippen LogP contribution in [-0.4, -0.2) is 24.1 Å². The van der Waals surface area contributed by atoms with E-state index in [0.717, 1.165) is 37.0 Å². The summed E-state index contributed by atoms with van der Waals surface area (Å²) in [6.07, 6.45) is 2.29. The number of furan rings is 1. The molecule has 1 saturated heterocycles. The van der Waals surface area contributed by atoms with Crippen LogP contribution in [0.5, 0.6) is 0 Å². The van der Waals surface area contributed by atoms with Crippen LogP contribution in [0.4, 0.5) is 11.4 Å². The Kier molecular flexibility index (Phi) is 4.53. The lowest BCUT2D eigenvalue weighted by atomic mass is 10.2. The lowest BCUT2D eigenvalue weighted by molar-refractivity contribution is 0.309. The van der Waals surface area contributed by atoms with Gasteiger partial charge in [-0.15, -0.1) is 0 Å². The highest BCUT2D eigenvalue weighted by molar-refractivity contribution is 6.39. The first-order chi connectivity index (χ1) is 12.6. The molecule has 2 heterocycles. The molecule has 0 unspecified atom stereocenters. The van der Waals surface area contributed by atoms with Crippen molar-refractivity contribution in [1.82, 2.24) is 0 Å². The molecule has 26 heavy (non-hydrogen) atoms. The summed E-state index contributed by atoms with van der Waals surface area (Å²) in [6.45, 7) is 1.94. The van der Waals surface area contributed by atoms with Crippen molar-refractivity contribution in [2.75, 3.05) is 23.1 Å². The first-order valence-corrected chi connectivity index (χ1v) is 9.11. The van der Waals surface area contributed by atoms with Crippen LogP contribution >= 0.6 is 23.2 Å². The van der Waals surface area contributed by atoms with Gasteiger partial charge >= 0.3 is 0 Å². The summed E-state index contributed by atoms with van der Waals surface area (Å²) < 4.78 is 5.94. The second kappa shape index (κ2) is 6.83. The monoisotopic (exact) mass is 389 g/mol. The number of fused-ring (bicyclic) bond motifs is 1. The van der Waals surface area contributed by atoms with E-state index in [2.05, 4.69) is 4.90 Å². The summed E-state index contributed by atoms with van der Waals surface area (Å²) >= 11 is 12.4. The minimum atomic E-state index is -0.249. The zero-order chi connectivity index (χ0) is 18.3. The van der Waals surface area contributed by atoms with Crippen LogP contribution in [0.1, 0.15) is 18.6 Å². The molecule has 1 aromatic heterocycles. The van der Waals surface area contributed by atoms with E-state index in [1.807, 2.05) is 18.2 Å². The SMILES string of the molecule is N=C(c1oc2c(N3CCCC3)cccc2c1Cl)N(O)c1cccc(Cl)c1. The number of hydrogen-bond acceptors (Lipinski definition) is 4. The fraction of sp³-hybridized carbons (Fsp3) is 0.211. The van der Waals surface area contributed by atoms with Gasteiger partial charge in [-0.1, -0.05) is 35.3 Å². The Hall–Kier alpha value is -2.21. The van der Waals surface area contributed by atoms with Gasteiger partial charge in [0.25, 0.3) is 0 Å². The smallest absolute Gasteiger partial charge is 0.195 e. The minimum Gasteiger partial charge on any atom is -0.449 e. The van der Waals surface area contributed by atoms with Crippen LogP contribution in [-0.2, 0) is 0 Å². The second-order valence-electron chi connectivity index (χ2n) is 6.23. The molecule has 0 radical (unpaired) electrons. The second-order valence-corrected chi connectivity index (χ2v) is 7.05. The number of amidine groups is 1. The van der Waals surface area contributed by atoms with Gasteiger partial charge < -0.3 is 9.32 Å². The third-order valence-corrected chi connectivity index (χ3v) is 5.17. The predicted molar refractivity (Wildman–Crippen MR) is 105 cm³/mol. The van der Waals surface area contributed by atoms with E-state index in [-0.39, 0.29) is 11.6 Å². The van der Waals surface area contributed by atoms with Gasteiger partial charge in [0, 0.05) is 23.5 Å². The quantitative estimate of drug-likeness (QED) is 0.349. The van der Waals surface area contributed by atoms with Crippen LogP contribution in [0.3, 0.4) is 0 Å². The molecule has 134 valence electrons. The maximum atomic E-state index is 10.4. The van der Waals surface area contributed by atoms with Crippen molar-refractivity contribution < 1.29 is 9.62 Å². The van der Waals surface area contributed by atoms with Gasteiger partial charge in [0.2, 0.25) is 0 Å². The topological polar surface area (TPSA) is 63.7 Å². The van der Waals surface area contributed by atoms with E-state index >= 15 is 0 Å². The molecule has 1 aliphatic rings. The highest BCUT2D eigenvalue weighted by Gasteiger charge is 2.25. The van der Waals surface area contributed by atoms with Gasteiger partial charge in [-0.2, -0.15) is 0 Å². The van der Waals surface area contributed by atoms with Crippen LogP contribution in [0.25, 0.3) is 11.0 Å². The predicted octanol–water partition coefficient (Wildman–Crippen LogP) is 5.56. The Morgan fingerprint density at radius 1 is 1.12 bits per heavy atom. The van der Waals surface area contributed by atoms with E-state index in [1.165, 1.54) is 0 Å². The molecular weight excluding hydrogens is 373 g/mol. The molecule has 0 atom stereocenters. The Bertz CT molecular complexity index is 980. The van der Waals surface area contributed by atoms with E-state index in [0.29, 0.717) is 26.4 Å². The standard InChI is InChI=1S/C19H17Cl2N3O2/c20-12-5-3-6-13(11-12)24(25)19(22)18-16(21)14-7-4-8-15(17(14)26-18)23-9-1-2-10-23/h3-8,11,22,25H,1-2,9-10H2. The van der Waals surface area contributed by atoms with Gasteiger partial charge in [-0.3, -0.25) is 10.6 Å². The van der Waals surface area contributed by atoms with E-state index in [9.17, 15) is 5.21 Å². The zero-order valence-electron chi connectivity index (χ0n) is 13.9. The van der Waals surface area contributed by atoms with Crippen molar-refractivity contribution in [2.24, 2.45) is 0 Å². The average Bonchev–Trinajstić information content (AvgIpc) is 3.29. The molecule has 2 aromatic carbocycles. The summed E-state index contributed by atoms with van der Waals surface area (Å²) in [5.41, 5.74) is 1.96. The van der Waals surface area contributed by atoms with E-state index < -0.39 is 0 Å². The maximum Gasteiger partial charge on any atom is 0.195 e. The molecular formula is C19H17Cl2N3O2. The number of hydrogen-bond donors (Lipinski definition) is 2. The minimum absolute atomic E-state index is 0.121. The molecule has 0 saturated carbocycles. The Morgan fingerprint density at radius 2 is 1.85 bits per heavy atom. The van der Waals surface area contributed by atoms with Crippen molar-refractivity contribution in [3.05, 3.63) is 58.3 Å². The molecule has 7 heteroatoms. The molecule has 5 nitrogen and oxygen atoms in total. The molecule has 1 fully saturated rings. The van der Waals surface area contributed by atoms with Gasteiger partial charge in [0.15, 0.2) is 17.2 Å². The molecule has 2 N–H and O–H groups in total. The summed E-state index contributed by atoms with van der Waals surface area (Å²) in [6, 6.07) is 12.4. The lowest BCUT2D eigenvalue weighted by Gasteiger charge is -2.17. The number of nitrogens with zero attached hydrogens (tertiary/aromatic N) is 2. The van der Waals surface area contributed by atoms with Crippen LogP contribution < -0.4 is 9.96 Å². The number of anilines is 2. The summed E-state index contributed by atoms with van der Waals surface area (Å²) in [4.78, 5) is 2.25. The fourth-order valence-corrected chi connectivity index (χ4v) is 3.73. The van der Waals surface area contributed by atoms with Gasteiger partial charge in [-0.05, 0) is 43.2 Å². The normalized spacial score (nSPS) is 14.2. The molecule has 0 amide bonds. The largest absolute Gasteiger partial charge is 0.449 e. The number of benzene rings is 2. The molecule has 1 aliphatic heterocycles. The third-order valence-electron chi connectivity index (χ3n) is 4.56. The zero-order valence-corrected chi connectivity index (χ0v) is 15.4. The van der Waals surface area contributed by atoms with Gasteiger partial charge in [0.05, 0.1) is 16.4 Å². The van der Waals surface area contributed by atoms with Crippen molar-refractivity contribution in [3.63, 3.8) is 0 Å². The average molecular weight is 390 g/mol. The summed E-state index contributed by atoms with van der Waals surface area (Å²) in [5.74, 6) is -0.128. The van der Waals surface area contributed by atoms with E-state index in [1.54, 1.807) is 24.3 Å². The Balaban J connectivity index is 1.75. The summed E-state index contributed by atoms with van der Waals surface area (Å²) in [5, 5.41) is 21.0. The molecule has 3 aromatic rings. The van der Waals surface area contributed by atoms with Gasteiger partial charge in [-0.25, -0.2) is 5.06 Å².